The number of aromatic nitrogens is 3. The van der Waals surface area contributed by atoms with E-state index in [1.54, 1.807) is 17.4 Å². The summed E-state index contributed by atoms with van der Waals surface area (Å²) in [4.78, 5) is 34.8. The topological polar surface area (TPSA) is 90.7 Å². The highest BCUT2D eigenvalue weighted by atomic mass is 19.1. The molecule has 1 aliphatic carbocycles. The second-order valence-corrected chi connectivity index (χ2v) is 9.23. The molecule has 2 aromatic heterocycles. The van der Waals surface area contributed by atoms with Crippen LogP contribution in [0.25, 0.3) is 16.6 Å². The van der Waals surface area contributed by atoms with Gasteiger partial charge in [0.05, 0.1) is 23.3 Å². The third-order valence-electron chi connectivity index (χ3n) is 7.20. The Labute approximate surface area is 192 Å². The first-order valence-corrected chi connectivity index (χ1v) is 11.3. The lowest BCUT2D eigenvalue weighted by atomic mass is 10.0. The van der Waals surface area contributed by atoms with Gasteiger partial charge in [-0.15, -0.1) is 0 Å². The Morgan fingerprint density at radius 3 is 2.47 bits per heavy atom. The molecule has 2 N–H and O–H groups in total. The number of fused-ring (bicyclic) bond motifs is 4. The van der Waals surface area contributed by atoms with Gasteiger partial charge in [0.2, 0.25) is 0 Å². The summed E-state index contributed by atoms with van der Waals surface area (Å²) in [6.45, 7) is 1.75. The van der Waals surface area contributed by atoms with Gasteiger partial charge in [-0.25, -0.2) is 13.8 Å². The van der Waals surface area contributed by atoms with Crippen LogP contribution in [0.1, 0.15) is 58.1 Å². The molecule has 7 nitrogen and oxygen atoms in total. The Morgan fingerprint density at radius 1 is 1.12 bits per heavy atom. The Balaban J connectivity index is 1.45. The summed E-state index contributed by atoms with van der Waals surface area (Å²) in [7, 11) is 0. The first-order valence-electron chi connectivity index (χ1n) is 11.3. The number of hydrogen-bond donors (Lipinski definition) is 2. The number of carbonyl (C=O) groups is 1. The van der Waals surface area contributed by atoms with Gasteiger partial charge in [-0.2, -0.15) is 0 Å². The molecule has 3 heterocycles. The van der Waals surface area contributed by atoms with E-state index in [0.717, 1.165) is 25.0 Å². The molecule has 0 bridgehead atoms. The summed E-state index contributed by atoms with van der Waals surface area (Å²) in [5.41, 5.74) is 2.55. The monoisotopic (exact) mass is 464 g/mol. The summed E-state index contributed by atoms with van der Waals surface area (Å²) >= 11 is 0. The maximum absolute atomic E-state index is 14.2. The van der Waals surface area contributed by atoms with Gasteiger partial charge < -0.3 is 15.0 Å². The van der Waals surface area contributed by atoms with E-state index in [-0.39, 0.29) is 41.6 Å². The van der Waals surface area contributed by atoms with Crippen LogP contribution in [0.2, 0.25) is 0 Å². The smallest absolute Gasteiger partial charge is 0.274 e. The predicted octanol–water partition coefficient (Wildman–Crippen LogP) is 3.55. The molecule has 1 fully saturated rings. The number of H-pyrrole nitrogens is 1. The summed E-state index contributed by atoms with van der Waals surface area (Å²) in [6.07, 6.45) is 3.36. The van der Waals surface area contributed by atoms with Gasteiger partial charge in [-0.1, -0.05) is 6.42 Å². The number of carbonyl (C=O) groups excluding carboxylic acids is 1. The van der Waals surface area contributed by atoms with Crippen LogP contribution in [0, 0.1) is 18.6 Å². The van der Waals surface area contributed by atoms with E-state index in [1.807, 2.05) is 6.07 Å². The number of hydrogen-bond acceptors (Lipinski definition) is 4. The lowest BCUT2D eigenvalue weighted by Gasteiger charge is -2.18. The van der Waals surface area contributed by atoms with Crippen molar-refractivity contribution >= 4 is 22.5 Å². The van der Waals surface area contributed by atoms with E-state index in [2.05, 4.69) is 9.97 Å². The van der Waals surface area contributed by atoms with Crippen molar-refractivity contribution in [3.8, 4) is 0 Å². The van der Waals surface area contributed by atoms with Crippen LogP contribution in [0.3, 0.4) is 0 Å². The minimum absolute atomic E-state index is 0.0178. The standard InChI is InChI=1S/C25H22F2N4O3/c1-12-7-20-19(29-24(33)21-9-28-23(31(20)21)13-3-2-4-22(13)32)8-14(12)25(34)30-10-15-16(11-30)18(27)6-5-17(15)26/h5-9,13,22,32H,2-4,10-11H2,1H3,(H,29,33)/t13-,22+/m0/s1. The summed E-state index contributed by atoms with van der Waals surface area (Å²) in [5.74, 6) is -0.962. The molecule has 0 saturated heterocycles. The second kappa shape index (κ2) is 7.46. The van der Waals surface area contributed by atoms with Crippen LogP contribution < -0.4 is 5.56 Å². The van der Waals surface area contributed by atoms with Crippen molar-refractivity contribution < 1.29 is 18.7 Å². The van der Waals surface area contributed by atoms with Gasteiger partial charge in [0.1, 0.15) is 23.0 Å². The summed E-state index contributed by atoms with van der Waals surface area (Å²) < 4.78 is 30.1. The molecular formula is C25H22F2N4O3. The summed E-state index contributed by atoms with van der Waals surface area (Å²) in [6, 6.07) is 5.56. The molecule has 0 unspecified atom stereocenters. The van der Waals surface area contributed by atoms with Crippen molar-refractivity contribution in [3.05, 3.63) is 80.5 Å². The van der Waals surface area contributed by atoms with Crippen LogP contribution in [0.15, 0.2) is 35.3 Å². The number of nitrogens with one attached hydrogen (secondary N) is 1. The maximum Gasteiger partial charge on any atom is 0.274 e. The first-order chi connectivity index (χ1) is 16.3. The predicted molar refractivity (Wildman–Crippen MR) is 121 cm³/mol. The van der Waals surface area contributed by atoms with Crippen molar-refractivity contribution in [1.82, 2.24) is 19.3 Å². The van der Waals surface area contributed by atoms with Gasteiger partial charge in [-0.05, 0) is 49.6 Å². The fraction of sp³-hybridized carbons (Fsp3) is 0.320. The van der Waals surface area contributed by atoms with Crippen LogP contribution in [0.5, 0.6) is 0 Å². The van der Waals surface area contributed by atoms with E-state index in [4.69, 9.17) is 0 Å². The molecule has 1 amide bonds. The molecule has 174 valence electrons. The molecule has 1 saturated carbocycles. The van der Waals surface area contributed by atoms with Gasteiger partial charge in [0.25, 0.3) is 11.5 Å². The Kier molecular flexibility index (Phi) is 4.60. The van der Waals surface area contributed by atoms with Crippen LogP contribution in [-0.4, -0.2) is 36.4 Å². The number of aromatic amines is 1. The lowest BCUT2D eigenvalue weighted by Crippen LogP contribution is -2.26. The molecule has 0 radical (unpaired) electrons. The quantitative estimate of drug-likeness (QED) is 0.475. The van der Waals surface area contributed by atoms with E-state index < -0.39 is 17.7 Å². The number of halogens is 2. The average Bonchev–Trinajstić information content (AvgIpc) is 3.54. The number of nitrogens with zero attached hydrogens (tertiary/aromatic N) is 3. The van der Waals surface area contributed by atoms with Gasteiger partial charge in [-0.3, -0.25) is 14.0 Å². The van der Waals surface area contributed by atoms with Gasteiger partial charge >= 0.3 is 0 Å². The Hall–Kier alpha value is -3.59. The normalized spacial score (nSPS) is 19.9. The fourth-order valence-electron chi connectivity index (χ4n) is 5.41. The van der Waals surface area contributed by atoms with E-state index in [9.17, 15) is 23.5 Å². The van der Waals surface area contributed by atoms with Gasteiger partial charge in [0, 0.05) is 35.7 Å². The van der Waals surface area contributed by atoms with E-state index in [0.29, 0.717) is 39.9 Å². The maximum atomic E-state index is 14.2. The number of aryl methyl sites for hydroxylation is 1. The van der Waals surface area contributed by atoms with Crippen molar-refractivity contribution in [3.63, 3.8) is 0 Å². The average molecular weight is 464 g/mol. The molecule has 0 spiro atoms. The number of amides is 1. The fourth-order valence-corrected chi connectivity index (χ4v) is 5.41. The SMILES string of the molecule is Cc1cc2c(cc1C(=O)N1Cc3c(F)ccc(F)c3C1)[nH]c(=O)c1cnc([C@H]3CCC[C@H]3O)n12. The number of aliphatic hydroxyl groups is 1. The summed E-state index contributed by atoms with van der Waals surface area (Å²) in [5, 5.41) is 10.4. The molecule has 9 heteroatoms. The Morgan fingerprint density at radius 2 is 1.82 bits per heavy atom. The number of imidazole rings is 1. The molecule has 2 aromatic carbocycles. The van der Waals surface area contributed by atoms with Crippen LogP contribution in [-0.2, 0) is 13.1 Å². The number of benzene rings is 2. The first kappa shape index (κ1) is 21.0. The molecule has 4 aromatic rings. The van der Waals surface area contributed by atoms with Crippen LogP contribution >= 0.6 is 0 Å². The Bertz CT molecular complexity index is 1530. The highest BCUT2D eigenvalue weighted by Gasteiger charge is 2.32. The van der Waals surface area contributed by atoms with E-state index >= 15 is 0 Å². The third kappa shape index (κ3) is 3.00. The number of rotatable bonds is 2. The van der Waals surface area contributed by atoms with Crippen LogP contribution in [0.4, 0.5) is 8.78 Å². The zero-order valence-corrected chi connectivity index (χ0v) is 18.4. The largest absolute Gasteiger partial charge is 0.392 e. The molecular weight excluding hydrogens is 442 g/mol. The minimum Gasteiger partial charge on any atom is -0.392 e. The molecule has 6 rings (SSSR count). The highest BCUT2D eigenvalue weighted by molar-refractivity contribution is 5.99. The molecule has 34 heavy (non-hydrogen) atoms. The lowest BCUT2D eigenvalue weighted by molar-refractivity contribution is 0.0749. The highest BCUT2D eigenvalue weighted by Crippen LogP contribution is 2.35. The molecule has 2 atom stereocenters. The zero-order valence-electron chi connectivity index (χ0n) is 18.4. The van der Waals surface area contributed by atoms with Crippen molar-refractivity contribution in [2.45, 2.75) is 51.3 Å². The van der Waals surface area contributed by atoms with Crippen molar-refractivity contribution in [1.29, 1.82) is 0 Å². The minimum atomic E-state index is -0.532. The van der Waals surface area contributed by atoms with Crippen molar-refractivity contribution in [2.75, 3.05) is 0 Å². The zero-order chi connectivity index (χ0) is 23.7. The van der Waals surface area contributed by atoms with E-state index in [1.165, 1.54) is 11.1 Å². The molecule has 2 aliphatic rings. The molecule has 1 aliphatic heterocycles. The second-order valence-electron chi connectivity index (χ2n) is 9.23. The van der Waals surface area contributed by atoms with Crippen molar-refractivity contribution in [2.24, 2.45) is 0 Å². The van der Waals surface area contributed by atoms with Gasteiger partial charge in [0.15, 0.2) is 0 Å². The third-order valence-corrected chi connectivity index (χ3v) is 7.20. The number of aliphatic hydroxyl groups excluding tert-OH is 1.